The van der Waals surface area contributed by atoms with Gasteiger partial charge >= 0.3 is 0 Å². The average molecular weight is 281 g/mol. The topological polar surface area (TPSA) is 37.4 Å². The van der Waals surface area contributed by atoms with Crippen LogP contribution in [0.15, 0.2) is 24.3 Å². The summed E-state index contributed by atoms with van der Waals surface area (Å²) in [5.74, 6) is 3.69. The highest BCUT2D eigenvalue weighted by molar-refractivity contribution is 6.09. The van der Waals surface area contributed by atoms with Crippen molar-refractivity contribution in [1.82, 2.24) is 0 Å². The van der Waals surface area contributed by atoms with Crippen molar-refractivity contribution in [3.05, 3.63) is 29.8 Å². The van der Waals surface area contributed by atoms with E-state index in [1.807, 2.05) is 29.2 Å². The van der Waals surface area contributed by atoms with Crippen LogP contribution < -0.4 is 4.90 Å². The maximum absolute atomic E-state index is 13.0. The molecule has 1 aromatic carbocycles. The van der Waals surface area contributed by atoms with Gasteiger partial charge in [0, 0.05) is 24.4 Å². The Morgan fingerprint density at radius 3 is 2.57 bits per heavy atom. The number of anilines is 1. The molecule has 0 N–H and O–H groups in total. The first-order valence-electron chi connectivity index (χ1n) is 8.19. The highest BCUT2D eigenvalue weighted by Gasteiger charge is 2.68. The standard InChI is InChI=1S/C18H19NO2/c20-14-7-8-19(13-4-2-1-3-12(13)14)18(21)17-15-10-5-6-11(9-10)16(15)17/h1-4,10-11,15-17H,5-9H2. The second kappa shape index (κ2) is 3.96. The molecular weight excluding hydrogens is 262 g/mol. The molecule has 1 heterocycles. The van der Waals surface area contributed by atoms with Crippen molar-refractivity contribution >= 4 is 17.4 Å². The summed E-state index contributed by atoms with van der Waals surface area (Å²) in [5, 5.41) is 0. The molecule has 3 heteroatoms. The molecule has 0 spiro atoms. The first-order chi connectivity index (χ1) is 10.3. The summed E-state index contributed by atoms with van der Waals surface area (Å²) in [6, 6.07) is 7.59. The van der Waals surface area contributed by atoms with Crippen molar-refractivity contribution in [2.24, 2.45) is 29.6 Å². The predicted molar refractivity (Wildman–Crippen MR) is 79.0 cm³/mol. The minimum Gasteiger partial charge on any atom is -0.311 e. The number of amides is 1. The molecule has 108 valence electrons. The molecule has 1 amide bonds. The van der Waals surface area contributed by atoms with Crippen LogP contribution in [-0.2, 0) is 4.79 Å². The highest BCUT2D eigenvalue weighted by atomic mass is 16.2. The van der Waals surface area contributed by atoms with Gasteiger partial charge < -0.3 is 4.90 Å². The summed E-state index contributed by atoms with van der Waals surface area (Å²) >= 11 is 0. The number of carbonyl (C=O) groups excluding carboxylic acids is 2. The maximum Gasteiger partial charge on any atom is 0.230 e. The second-order valence-electron chi connectivity index (χ2n) is 7.19. The van der Waals surface area contributed by atoms with Crippen LogP contribution >= 0.6 is 0 Å². The minimum absolute atomic E-state index is 0.172. The Kier molecular flexibility index (Phi) is 2.26. The first-order valence-corrected chi connectivity index (χ1v) is 8.19. The van der Waals surface area contributed by atoms with Gasteiger partial charge in [0.25, 0.3) is 0 Å². The van der Waals surface area contributed by atoms with Gasteiger partial charge in [0.15, 0.2) is 5.78 Å². The molecule has 0 saturated heterocycles. The van der Waals surface area contributed by atoms with Crippen molar-refractivity contribution < 1.29 is 9.59 Å². The molecule has 4 aliphatic rings. The van der Waals surface area contributed by atoms with Gasteiger partial charge in [0.05, 0.1) is 5.69 Å². The van der Waals surface area contributed by atoms with Crippen LogP contribution in [0.2, 0.25) is 0 Å². The molecule has 3 fully saturated rings. The molecule has 2 bridgehead atoms. The van der Waals surface area contributed by atoms with Gasteiger partial charge in [-0.15, -0.1) is 0 Å². The number of ketones is 1. The van der Waals surface area contributed by atoms with Gasteiger partial charge in [-0.2, -0.15) is 0 Å². The van der Waals surface area contributed by atoms with Gasteiger partial charge in [-0.25, -0.2) is 0 Å². The zero-order valence-corrected chi connectivity index (χ0v) is 12.0. The number of Topliss-reactive ketones (excluding diaryl/α,β-unsaturated/α-hetero) is 1. The Bertz CT molecular complexity index is 636. The van der Waals surface area contributed by atoms with Crippen molar-refractivity contribution in [3.8, 4) is 0 Å². The van der Waals surface area contributed by atoms with E-state index in [4.69, 9.17) is 0 Å². The second-order valence-corrected chi connectivity index (χ2v) is 7.19. The van der Waals surface area contributed by atoms with Crippen LogP contribution in [0.5, 0.6) is 0 Å². The molecule has 0 aromatic heterocycles. The number of nitrogens with zero attached hydrogens (tertiary/aromatic N) is 1. The summed E-state index contributed by atoms with van der Waals surface area (Å²) in [6.45, 7) is 0.569. The van der Waals surface area contributed by atoms with E-state index in [-0.39, 0.29) is 11.7 Å². The van der Waals surface area contributed by atoms with Gasteiger partial charge in [-0.1, -0.05) is 12.1 Å². The molecule has 1 aliphatic heterocycles. The third-order valence-electron chi connectivity index (χ3n) is 6.34. The molecule has 3 saturated carbocycles. The summed E-state index contributed by atoms with van der Waals surface area (Å²) in [5.41, 5.74) is 1.57. The fourth-order valence-electron chi connectivity index (χ4n) is 5.48. The number of benzene rings is 1. The molecule has 1 aromatic rings. The Morgan fingerprint density at radius 1 is 1.10 bits per heavy atom. The Hall–Kier alpha value is -1.64. The highest BCUT2D eigenvalue weighted by Crippen LogP contribution is 2.69. The van der Waals surface area contributed by atoms with Crippen LogP contribution in [0.25, 0.3) is 0 Å². The Morgan fingerprint density at radius 2 is 1.81 bits per heavy atom. The lowest BCUT2D eigenvalue weighted by molar-refractivity contribution is -0.120. The van der Waals surface area contributed by atoms with E-state index >= 15 is 0 Å². The zero-order chi connectivity index (χ0) is 14.1. The number of para-hydroxylation sites is 1. The Labute approximate surface area is 124 Å². The smallest absolute Gasteiger partial charge is 0.230 e. The molecule has 5 rings (SSSR count). The predicted octanol–water partition coefficient (Wildman–Crippen LogP) is 2.90. The molecule has 4 unspecified atom stereocenters. The van der Waals surface area contributed by atoms with Crippen LogP contribution in [0, 0.1) is 29.6 Å². The van der Waals surface area contributed by atoms with E-state index in [2.05, 4.69) is 0 Å². The quantitative estimate of drug-likeness (QED) is 0.793. The number of hydrogen-bond acceptors (Lipinski definition) is 2. The van der Waals surface area contributed by atoms with Gasteiger partial charge in [0.2, 0.25) is 5.91 Å². The van der Waals surface area contributed by atoms with E-state index in [1.54, 1.807) is 0 Å². The molecule has 4 atom stereocenters. The summed E-state index contributed by atoms with van der Waals surface area (Å²) in [4.78, 5) is 26.9. The van der Waals surface area contributed by atoms with E-state index in [0.717, 1.165) is 23.1 Å². The fraction of sp³-hybridized carbons (Fsp3) is 0.556. The van der Waals surface area contributed by atoms with Gasteiger partial charge in [-0.3, -0.25) is 9.59 Å². The third-order valence-corrected chi connectivity index (χ3v) is 6.34. The summed E-state index contributed by atoms with van der Waals surface area (Å²) < 4.78 is 0. The number of fused-ring (bicyclic) bond motifs is 6. The lowest BCUT2D eigenvalue weighted by atomic mass is 9.97. The molecular formula is C18H19NO2. The van der Waals surface area contributed by atoms with E-state index in [1.165, 1.54) is 19.3 Å². The SMILES string of the molecule is O=C1CCN(C(=O)C2C3C4CCC(C4)C23)c2ccccc21. The van der Waals surface area contributed by atoms with Gasteiger partial charge in [0.1, 0.15) is 0 Å². The van der Waals surface area contributed by atoms with E-state index in [0.29, 0.717) is 30.7 Å². The average Bonchev–Trinajstić information content (AvgIpc) is 2.95. The summed E-state index contributed by atoms with van der Waals surface area (Å²) in [6.07, 6.45) is 4.52. The van der Waals surface area contributed by atoms with E-state index in [9.17, 15) is 9.59 Å². The number of hydrogen-bond donors (Lipinski definition) is 0. The van der Waals surface area contributed by atoms with Crippen LogP contribution in [0.4, 0.5) is 5.69 Å². The van der Waals surface area contributed by atoms with Crippen molar-refractivity contribution in [2.75, 3.05) is 11.4 Å². The lowest BCUT2D eigenvalue weighted by Crippen LogP contribution is -2.39. The lowest BCUT2D eigenvalue weighted by Gasteiger charge is -2.29. The first kappa shape index (κ1) is 12.0. The van der Waals surface area contributed by atoms with Crippen molar-refractivity contribution in [1.29, 1.82) is 0 Å². The summed E-state index contributed by atoms with van der Waals surface area (Å²) in [7, 11) is 0. The molecule has 3 nitrogen and oxygen atoms in total. The molecule has 0 radical (unpaired) electrons. The van der Waals surface area contributed by atoms with Crippen LogP contribution in [-0.4, -0.2) is 18.2 Å². The molecule has 21 heavy (non-hydrogen) atoms. The number of carbonyl (C=O) groups is 2. The molecule has 3 aliphatic carbocycles. The number of rotatable bonds is 1. The van der Waals surface area contributed by atoms with Crippen molar-refractivity contribution in [3.63, 3.8) is 0 Å². The maximum atomic E-state index is 13.0. The minimum atomic E-state index is 0.172. The zero-order valence-electron chi connectivity index (χ0n) is 12.0. The van der Waals surface area contributed by atoms with Crippen molar-refractivity contribution in [2.45, 2.75) is 25.7 Å². The third kappa shape index (κ3) is 1.49. The Balaban J connectivity index is 1.46. The van der Waals surface area contributed by atoms with Crippen LogP contribution in [0.3, 0.4) is 0 Å². The largest absolute Gasteiger partial charge is 0.311 e. The fourth-order valence-corrected chi connectivity index (χ4v) is 5.48. The van der Waals surface area contributed by atoms with Crippen LogP contribution in [0.1, 0.15) is 36.0 Å². The monoisotopic (exact) mass is 281 g/mol. The normalized spacial score (nSPS) is 39.1. The van der Waals surface area contributed by atoms with Gasteiger partial charge in [-0.05, 0) is 55.1 Å². The van der Waals surface area contributed by atoms with E-state index < -0.39 is 0 Å².